The molecule has 20 heavy (non-hydrogen) atoms. The predicted octanol–water partition coefficient (Wildman–Crippen LogP) is 3.03. The molecular weight excluding hydrogens is 250 g/mol. The average Bonchev–Trinajstić information content (AvgIpc) is 2.45. The van der Waals surface area contributed by atoms with Crippen molar-refractivity contribution in [1.82, 2.24) is 4.90 Å². The highest BCUT2D eigenvalue weighted by molar-refractivity contribution is 5.24. The second-order valence-electron chi connectivity index (χ2n) is 5.40. The molecule has 1 aromatic carbocycles. The van der Waals surface area contributed by atoms with E-state index in [4.69, 9.17) is 4.74 Å². The van der Waals surface area contributed by atoms with Gasteiger partial charge in [-0.3, -0.25) is 4.90 Å². The third-order valence-electron chi connectivity index (χ3n) is 3.75. The molecule has 0 aromatic heterocycles. The minimum Gasteiger partial charge on any atom is -0.387 e. The molecule has 0 saturated carbocycles. The van der Waals surface area contributed by atoms with Crippen molar-refractivity contribution in [3.8, 4) is 0 Å². The van der Waals surface area contributed by atoms with E-state index in [1.54, 1.807) is 7.11 Å². The molecule has 3 nitrogen and oxygen atoms in total. The average molecular weight is 279 g/mol. The summed E-state index contributed by atoms with van der Waals surface area (Å²) in [5.74, 6) is 0. The number of likely N-dealkylation sites (N-methyl/N-ethyl adjacent to an activating group) is 1. The highest BCUT2D eigenvalue weighted by Crippen LogP contribution is 2.17. The molecule has 0 spiro atoms. The van der Waals surface area contributed by atoms with Gasteiger partial charge in [-0.05, 0) is 31.0 Å². The lowest BCUT2D eigenvalue weighted by atomic mass is 10.0. The SMILES string of the molecule is CCCc1ccc(C(O)CN(CC)C(C)COC)cc1. The van der Waals surface area contributed by atoms with Crippen LogP contribution in [0, 0.1) is 0 Å². The van der Waals surface area contributed by atoms with Crippen LogP contribution >= 0.6 is 0 Å². The van der Waals surface area contributed by atoms with Gasteiger partial charge in [-0.1, -0.05) is 44.5 Å². The molecule has 2 atom stereocenters. The van der Waals surface area contributed by atoms with Gasteiger partial charge in [0.05, 0.1) is 12.7 Å². The summed E-state index contributed by atoms with van der Waals surface area (Å²) in [4.78, 5) is 2.24. The Bertz CT molecular complexity index is 364. The van der Waals surface area contributed by atoms with E-state index in [0.717, 1.165) is 24.9 Å². The zero-order valence-electron chi connectivity index (χ0n) is 13.3. The first-order valence-electron chi connectivity index (χ1n) is 7.62. The summed E-state index contributed by atoms with van der Waals surface area (Å²) in [5.41, 5.74) is 2.33. The van der Waals surface area contributed by atoms with Crippen LogP contribution in [0.1, 0.15) is 44.4 Å². The van der Waals surface area contributed by atoms with Crippen molar-refractivity contribution < 1.29 is 9.84 Å². The molecule has 0 bridgehead atoms. The van der Waals surface area contributed by atoms with E-state index in [-0.39, 0.29) is 0 Å². The zero-order chi connectivity index (χ0) is 15.0. The Morgan fingerprint density at radius 2 is 1.85 bits per heavy atom. The van der Waals surface area contributed by atoms with Gasteiger partial charge in [0.15, 0.2) is 0 Å². The van der Waals surface area contributed by atoms with Gasteiger partial charge in [0.25, 0.3) is 0 Å². The summed E-state index contributed by atoms with van der Waals surface area (Å²) in [6.45, 7) is 8.67. The van der Waals surface area contributed by atoms with Gasteiger partial charge in [0, 0.05) is 19.7 Å². The Morgan fingerprint density at radius 1 is 1.20 bits per heavy atom. The monoisotopic (exact) mass is 279 g/mol. The fraction of sp³-hybridized carbons (Fsp3) is 0.647. The minimum absolute atomic E-state index is 0.319. The lowest BCUT2D eigenvalue weighted by Crippen LogP contribution is -2.38. The van der Waals surface area contributed by atoms with E-state index in [9.17, 15) is 5.11 Å². The number of hydrogen-bond acceptors (Lipinski definition) is 3. The molecule has 1 N–H and O–H groups in total. The molecule has 114 valence electrons. The normalized spacial score (nSPS) is 14.5. The summed E-state index contributed by atoms with van der Waals surface area (Å²) >= 11 is 0. The Morgan fingerprint density at radius 3 is 2.35 bits per heavy atom. The topological polar surface area (TPSA) is 32.7 Å². The first-order valence-corrected chi connectivity index (χ1v) is 7.62. The second-order valence-corrected chi connectivity index (χ2v) is 5.40. The molecule has 0 heterocycles. The summed E-state index contributed by atoms with van der Waals surface area (Å²) in [6, 6.07) is 8.65. The van der Waals surface area contributed by atoms with Gasteiger partial charge in [0.2, 0.25) is 0 Å². The van der Waals surface area contributed by atoms with Crippen molar-refractivity contribution in [2.75, 3.05) is 26.8 Å². The molecule has 3 heteroatoms. The van der Waals surface area contributed by atoms with Crippen molar-refractivity contribution >= 4 is 0 Å². The quantitative estimate of drug-likeness (QED) is 0.754. The Labute approximate surface area is 123 Å². The van der Waals surface area contributed by atoms with E-state index in [2.05, 4.69) is 37.8 Å². The summed E-state index contributed by atoms with van der Waals surface area (Å²) in [7, 11) is 1.72. The van der Waals surface area contributed by atoms with Gasteiger partial charge < -0.3 is 9.84 Å². The molecule has 0 radical (unpaired) electrons. The maximum absolute atomic E-state index is 10.4. The van der Waals surface area contributed by atoms with Crippen LogP contribution < -0.4 is 0 Å². The van der Waals surface area contributed by atoms with Crippen molar-refractivity contribution in [2.24, 2.45) is 0 Å². The van der Waals surface area contributed by atoms with E-state index in [0.29, 0.717) is 19.2 Å². The molecule has 1 rings (SSSR count). The number of aliphatic hydroxyl groups excluding tert-OH is 1. The Hall–Kier alpha value is -0.900. The van der Waals surface area contributed by atoms with E-state index in [1.807, 2.05) is 12.1 Å². The lowest BCUT2D eigenvalue weighted by molar-refractivity contribution is 0.0582. The predicted molar refractivity (Wildman–Crippen MR) is 84.0 cm³/mol. The molecule has 0 aliphatic heterocycles. The van der Waals surface area contributed by atoms with Gasteiger partial charge >= 0.3 is 0 Å². The van der Waals surface area contributed by atoms with E-state index >= 15 is 0 Å². The van der Waals surface area contributed by atoms with Crippen molar-refractivity contribution in [3.63, 3.8) is 0 Å². The maximum atomic E-state index is 10.4. The number of ether oxygens (including phenoxy) is 1. The molecule has 0 fully saturated rings. The van der Waals surface area contributed by atoms with E-state index in [1.165, 1.54) is 5.56 Å². The van der Waals surface area contributed by atoms with Gasteiger partial charge in [-0.2, -0.15) is 0 Å². The van der Waals surface area contributed by atoms with E-state index < -0.39 is 6.10 Å². The third kappa shape index (κ3) is 5.23. The zero-order valence-corrected chi connectivity index (χ0v) is 13.3. The molecule has 0 saturated heterocycles. The lowest BCUT2D eigenvalue weighted by Gasteiger charge is -2.29. The van der Waals surface area contributed by atoms with Crippen molar-refractivity contribution in [3.05, 3.63) is 35.4 Å². The number of nitrogens with zero attached hydrogens (tertiary/aromatic N) is 1. The molecule has 2 unspecified atom stereocenters. The van der Waals surface area contributed by atoms with Crippen LogP contribution in [0.15, 0.2) is 24.3 Å². The standard InChI is InChI=1S/C17H29NO2/c1-5-7-15-8-10-16(11-9-15)17(19)12-18(6-2)14(3)13-20-4/h8-11,14,17,19H,5-7,12-13H2,1-4H3. The minimum atomic E-state index is -0.440. The Balaban J connectivity index is 2.61. The number of rotatable bonds is 9. The van der Waals surface area contributed by atoms with Gasteiger partial charge in [0.1, 0.15) is 0 Å². The fourth-order valence-electron chi connectivity index (χ4n) is 2.49. The molecule has 0 aliphatic carbocycles. The molecular formula is C17H29NO2. The number of methoxy groups -OCH3 is 1. The number of benzene rings is 1. The van der Waals surface area contributed by atoms with Crippen LogP contribution in [-0.2, 0) is 11.2 Å². The fourth-order valence-corrected chi connectivity index (χ4v) is 2.49. The van der Waals surface area contributed by atoms with Crippen LogP contribution in [0.4, 0.5) is 0 Å². The van der Waals surface area contributed by atoms with Crippen LogP contribution in [0.5, 0.6) is 0 Å². The highest BCUT2D eigenvalue weighted by Gasteiger charge is 2.17. The summed E-state index contributed by atoms with van der Waals surface area (Å²) < 4.78 is 5.19. The van der Waals surface area contributed by atoms with Gasteiger partial charge in [-0.25, -0.2) is 0 Å². The summed E-state index contributed by atoms with van der Waals surface area (Å²) in [5, 5.41) is 10.4. The molecule has 1 aromatic rings. The highest BCUT2D eigenvalue weighted by atomic mass is 16.5. The molecule has 0 amide bonds. The largest absolute Gasteiger partial charge is 0.387 e. The van der Waals surface area contributed by atoms with Crippen LogP contribution in [0.25, 0.3) is 0 Å². The molecule has 0 aliphatic rings. The Kier molecular flexibility index (Phi) is 7.82. The van der Waals surface area contributed by atoms with Crippen molar-refractivity contribution in [2.45, 2.75) is 45.8 Å². The third-order valence-corrected chi connectivity index (χ3v) is 3.75. The first-order chi connectivity index (χ1) is 9.62. The smallest absolute Gasteiger partial charge is 0.0917 e. The summed E-state index contributed by atoms with van der Waals surface area (Å²) in [6.07, 6.45) is 1.81. The first kappa shape index (κ1) is 17.2. The van der Waals surface area contributed by atoms with Crippen molar-refractivity contribution in [1.29, 1.82) is 0 Å². The number of hydrogen-bond donors (Lipinski definition) is 1. The van der Waals surface area contributed by atoms with Gasteiger partial charge in [-0.15, -0.1) is 0 Å². The van der Waals surface area contributed by atoms with Crippen LogP contribution in [0.2, 0.25) is 0 Å². The van der Waals surface area contributed by atoms with Crippen LogP contribution in [-0.4, -0.2) is 42.9 Å². The number of aliphatic hydroxyl groups is 1. The number of aryl methyl sites for hydroxylation is 1. The van der Waals surface area contributed by atoms with Crippen LogP contribution in [0.3, 0.4) is 0 Å². The second kappa shape index (κ2) is 9.11. The maximum Gasteiger partial charge on any atom is 0.0917 e.